The van der Waals surface area contributed by atoms with Gasteiger partial charge in [0.05, 0.1) is 5.56 Å². The van der Waals surface area contributed by atoms with Gasteiger partial charge >= 0.3 is 5.97 Å². The van der Waals surface area contributed by atoms with Crippen LogP contribution in [0, 0.1) is 6.92 Å². The highest BCUT2D eigenvalue weighted by Crippen LogP contribution is 2.15. The largest absolute Gasteiger partial charge is 0.478 e. The Morgan fingerprint density at radius 1 is 1.10 bits per heavy atom. The molecule has 2 aromatic rings. The molecule has 0 radical (unpaired) electrons. The van der Waals surface area contributed by atoms with Crippen molar-refractivity contribution in [3.8, 4) is 0 Å². The molecule has 0 saturated carbocycles. The van der Waals surface area contributed by atoms with E-state index in [1.165, 1.54) is 12.1 Å². The Bertz CT molecular complexity index is 690. The Balaban J connectivity index is 2.05. The van der Waals surface area contributed by atoms with Crippen LogP contribution in [0.1, 0.15) is 21.5 Å². The molecule has 0 aliphatic carbocycles. The molecule has 0 aliphatic heterocycles. The van der Waals surface area contributed by atoms with Crippen LogP contribution in [0.4, 0.5) is 5.69 Å². The normalized spacial score (nSPS) is 10.5. The molecule has 2 rings (SSSR count). The minimum absolute atomic E-state index is 0.229. The predicted octanol–water partition coefficient (Wildman–Crippen LogP) is 3.35. The van der Waals surface area contributed by atoms with E-state index >= 15 is 0 Å². The molecule has 2 N–H and O–H groups in total. The van der Waals surface area contributed by atoms with Crippen molar-refractivity contribution in [2.45, 2.75) is 6.92 Å². The van der Waals surface area contributed by atoms with Crippen LogP contribution in [0.5, 0.6) is 0 Å². The monoisotopic (exact) mass is 281 g/mol. The minimum atomic E-state index is -0.977. The van der Waals surface area contributed by atoms with Crippen molar-refractivity contribution in [3.63, 3.8) is 0 Å². The maximum atomic E-state index is 11.8. The summed E-state index contributed by atoms with van der Waals surface area (Å²) in [7, 11) is 0. The first-order valence-corrected chi connectivity index (χ1v) is 6.44. The number of hydrogen-bond donors (Lipinski definition) is 2. The number of nitrogens with one attached hydrogen (secondary N) is 1. The summed E-state index contributed by atoms with van der Waals surface area (Å²) in [5, 5.41) is 11.7. The molecule has 0 bridgehead atoms. The van der Waals surface area contributed by atoms with E-state index in [2.05, 4.69) is 5.32 Å². The predicted molar refractivity (Wildman–Crippen MR) is 82.2 cm³/mol. The number of carboxylic acid groups (broad SMARTS) is 1. The van der Waals surface area contributed by atoms with E-state index in [1.54, 1.807) is 25.1 Å². The van der Waals surface area contributed by atoms with Gasteiger partial charge < -0.3 is 10.4 Å². The van der Waals surface area contributed by atoms with E-state index in [4.69, 9.17) is 5.11 Å². The number of hydrogen-bond acceptors (Lipinski definition) is 2. The molecule has 0 saturated heterocycles. The van der Waals surface area contributed by atoms with Crippen molar-refractivity contribution in [1.29, 1.82) is 0 Å². The third-order valence-corrected chi connectivity index (χ3v) is 2.95. The fraction of sp³-hybridized carbons (Fsp3) is 0.0588. The quantitative estimate of drug-likeness (QED) is 0.845. The molecule has 0 fully saturated rings. The van der Waals surface area contributed by atoms with Crippen LogP contribution < -0.4 is 5.32 Å². The zero-order chi connectivity index (χ0) is 15.2. The number of benzene rings is 2. The summed E-state index contributed by atoms with van der Waals surface area (Å²) in [6.07, 6.45) is 3.16. The van der Waals surface area contributed by atoms with Crippen molar-refractivity contribution >= 4 is 23.6 Å². The highest BCUT2D eigenvalue weighted by atomic mass is 16.4. The summed E-state index contributed by atoms with van der Waals surface area (Å²) >= 11 is 0. The van der Waals surface area contributed by atoms with E-state index in [0.29, 0.717) is 11.3 Å². The first kappa shape index (κ1) is 14.5. The molecule has 0 spiro atoms. The number of aromatic carboxylic acids is 1. The zero-order valence-corrected chi connectivity index (χ0v) is 11.5. The van der Waals surface area contributed by atoms with Crippen LogP contribution in [0.2, 0.25) is 0 Å². The third kappa shape index (κ3) is 4.04. The summed E-state index contributed by atoms with van der Waals surface area (Å²) in [6.45, 7) is 1.69. The summed E-state index contributed by atoms with van der Waals surface area (Å²) in [4.78, 5) is 22.7. The van der Waals surface area contributed by atoms with E-state index in [0.717, 1.165) is 5.56 Å². The molecule has 2 aromatic carbocycles. The van der Waals surface area contributed by atoms with Crippen LogP contribution >= 0.6 is 0 Å². The van der Waals surface area contributed by atoms with E-state index < -0.39 is 5.97 Å². The van der Waals surface area contributed by atoms with E-state index in [-0.39, 0.29) is 11.5 Å². The first-order valence-electron chi connectivity index (χ1n) is 6.44. The summed E-state index contributed by atoms with van der Waals surface area (Å²) in [6, 6.07) is 14.2. The summed E-state index contributed by atoms with van der Waals surface area (Å²) in [5.41, 5.74) is 2.34. The molecule has 4 nitrogen and oxygen atoms in total. The van der Waals surface area contributed by atoms with Gasteiger partial charge in [-0.1, -0.05) is 30.3 Å². The Labute approximate surface area is 122 Å². The fourth-order valence-electron chi connectivity index (χ4n) is 1.90. The lowest BCUT2D eigenvalue weighted by molar-refractivity contribution is -0.111. The van der Waals surface area contributed by atoms with Gasteiger partial charge in [0.15, 0.2) is 0 Å². The van der Waals surface area contributed by atoms with Gasteiger partial charge in [0, 0.05) is 11.8 Å². The zero-order valence-electron chi connectivity index (χ0n) is 11.5. The lowest BCUT2D eigenvalue weighted by atomic mass is 10.1. The van der Waals surface area contributed by atoms with E-state index in [1.807, 2.05) is 30.3 Å². The van der Waals surface area contributed by atoms with Crippen molar-refractivity contribution in [3.05, 3.63) is 71.3 Å². The van der Waals surface area contributed by atoms with Crippen LogP contribution in [0.25, 0.3) is 6.08 Å². The second-order valence-electron chi connectivity index (χ2n) is 4.57. The average Bonchev–Trinajstić information content (AvgIpc) is 2.46. The fourth-order valence-corrected chi connectivity index (χ4v) is 1.90. The van der Waals surface area contributed by atoms with Gasteiger partial charge in [-0.3, -0.25) is 4.79 Å². The molecule has 0 heterocycles. The maximum Gasteiger partial charge on any atom is 0.335 e. The molecule has 0 atom stereocenters. The highest BCUT2D eigenvalue weighted by Gasteiger charge is 2.07. The number of anilines is 1. The molecule has 0 aliphatic rings. The number of carboxylic acids is 1. The van der Waals surface area contributed by atoms with Gasteiger partial charge in [0.2, 0.25) is 5.91 Å². The van der Waals surface area contributed by atoms with Gasteiger partial charge in [-0.25, -0.2) is 4.79 Å². The Kier molecular flexibility index (Phi) is 4.51. The lowest BCUT2D eigenvalue weighted by Gasteiger charge is -2.05. The van der Waals surface area contributed by atoms with Gasteiger partial charge in [0.25, 0.3) is 0 Å². The smallest absolute Gasteiger partial charge is 0.335 e. The molecule has 0 unspecified atom stereocenters. The van der Waals surface area contributed by atoms with Gasteiger partial charge in [-0.2, -0.15) is 0 Å². The molecular weight excluding hydrogens is 266 g/mol. The molecule has 106 valence electrons. The van der Waals surface area contributed by atoms with E-state index in [9.17, 15) is 9.59 Å². The van der Waals surface area contributed by atoms with Crippen molar-refractivity contribution in [1.82, 2.24) is 0 Å². The topological polar surface area (TPSA) is 66.4 Å². The number of rotatable bonds is 4. The average molecular weight is 281 g/mol. The molecule has 21 heavy (non-hydrogen) atoms. The molecule has 4 heteroatoms. The number of amides is 1. The minimum Gasteiger partial charge on any atom is -0.478 e. The highest BCUT2D eigenvalue weighted by molar-refractivity contribution is 6.02. The van der Waals surface area contributed by atoms with Crippen LogP contribution in [0.3, 0.4) is 0 Å². The molecule has 0 aromatic heterocycles. The number of aryl methyl sites for hydroxylation is 1. The van der Waals surface area contributed by atoms with Crippen LogP contribution in [0.15, 0.2) is 54.6 Å². The Morgan fingerprint density at radius 2 is 1.81 bits per heavy atom. The lowest BCUT2D eigenvalue weighted by Crippen LogP contribution is -2.09. The summed E-state index contributed by atoms with van der Waals surface area (Å²) in [5.74, 6) is -1.24. The third-order valence-electron chi connectivity index (χ3n) is 2.95. The van der Waals surface area contributed by atoms with Gasteiger partial charge in [0.1, 0.15) is 0 Å². The van der Waals surface area contributed by atoms with Gasteiger partial charge in [-0.05, 0) is 42.3 Å². The Morgan fingerprint density at radius 3 is 2.43 bits per heavy atom. The van der Waals surface area contributed by atoms with Gasteiger partial charge in [-0.15, -0.1) is 0 Å². The number of carbonyl (C=O) groups excluding carboxylic acids is 1. The van der Waals surface area contributed by atoms with Crippen LogP contribution in [-0.2, 0) is 4.79 Å². The second-order valence-corrected chi connectivity index (χ2v) is 4.57. The standard InChI is InChI=1S/C17H15NO3/c1-12-11-14(8-9-15(12)17(20)21)18-16(19)10-7-13-5-3-2-4-6-13/h2-11H,1H3,(H,18,19)(H,20,21). The first-order chi connectivity index (χ1) is 10.1. The van der Waals surface area contributed by atoms with Crippen LogP contribution in [-0.4, -0.2) is 17.0 Å². The van der Waals surface area contributed by atoms with Crippen molar-refractivity contribution in [2.24, 2.45) is 0 Å². The maximum absolute atomic E-state index is 11.8. The Hall–Kier alpha value is -2.88. The molecule has 1 amide bonds. The second kappa shape index (κ2) is 6.52. The van der Waals surface area contributed by atoms with Crippen molar-refractivity contribution in [2.75, 3.05) is 5.32 Å². The van der Waals surface area contributed by atoms with Crippen molar-refractivity contribution < 1.29 is 14.7 Å². The summed E-state index contributed by atoms with van der Waals surface area (Å²) < 4.78 is 0. The molecular formula is C17H15NO3. The SMILES string of the molecule is Cc1cc(NC(=O)C=Cc2ccccc2)ccc1C(=O)O. The number of carbonyl (C=O) groups is 2.